The van der Waals surface area contributed by atoms with Gasteiger partial charge in [-0.1, -0.05) is 60.2 Å². The average molecular weight is 341 g/mol. The number of hydrogen-bond donors (Lipinski definition) is 1. The lowest BCUT2D eigenvalue weighted by atomic mass is 10.1. The lowest BCUT2D eigenvalue weighted by molar-refractivity contribution is 0.0716. The van der Waals surface area contributed by atoms with Crippen molar-refractivity contribution in [3.63, 3.8) is 0 Å². The number of benzene rings is 3. The molecule has 3 aromatic rings. The van der Waals surface area contributed by atoms with E-state index in [0.717, 1.165) is 16.8 Å². The van der Waals surface area contributed by atoms with Crippen LogP contribution in [-0.4, -0.2) is 5.84 Å². The predicted molar refractivity (Wildman–Crippen MR) is 103 cm³/mol. The molecule has 0 saturated carbocycles. The van der Waals surface area contributed by atoms with E-state index >= 15 is 0 Å². The number of rotatable bonds is 5. The van der Waals surface area contributed by atoms with Gasteiger partial charge in [-0.3, -0.25) is 4.84 Å². The van der Waals surface area contributed by atoms with Crippen LogP contribution >= 0.6 is 0 Å². The minimum Gasteiger partial charge on any atom is -0.270 e. The summed E-state index contributed by atoms with van der Waals surface area (Å²) in [4.78, 5) is 10.3. The van der Waals surface area contributed by atoms with E-state index < -0.39 is 0 Å². The minimum atomic E-state index is 0.430. The maximum absolute atomic E-state index is 8.92. The zero-order valence-corrected chi connectivity index (χ0v) is 14.5. The van der Waals surface area contributed by atoms with Crippen LogP contribution in [0.25, 0.3) is 0 Å². The summed E-state index contributed by atoms with van der Waals surface area (Å²) in [6.45, 7) is 2.47. The lowest BCUT2D eigenvalue weighted by Crippen LogP contribution is -2.24. The SMILES string of the molecule is Cc1ccc(C(=Nc2ccc(C#N)cc2)NOCc2ccccc2)cc1. The molecule has 4 nitrogen and oxygen atoms in total. The molecule has 0 spiro atoms. The summed E-state index contributed by atoms with van der Waals surface area (Å²) >= 11 is 0. The van der Waals surface area contributed by atoms with Gasteiger partial charge in [0.05, 0.1) is 23.9 Å². The fourth-order valence-corrected chi connectivity index (χ4v) is 2.36. The fraction of sp³-hybridized carbons (Fsp3) is 0.0909. The Kier molecular flexibility index (Phi) is 5.76. The molecular formula is C22H19N3O. The summed E-state index contributed by atoms with van der Waals surface area (Å²) < 4.78 is 0. The van der Waals surface area contributed by atoms with Crippen LogP contribution in [0.15, 0.2) is 83.9 Å². The summed E-state index contributed by atoms with van der Waals surface area (Å²) in [6, 6.07) is 27.2. The first-order valence-electron chi connectivity index (χ1n) is 8.32. The number of amidine groups is 1. The number of nitrogens with zero attached hydrogens (tertiary/aromatic N) is 2. The molecule has 0 radical (unpaired) electrons. The van der Waals surface area contributed by atoms with Gasteiger partial charge in [0.25, 0.3) is 0 Å². The van der Waals surface area contributed by atoms with Gasteiger partial charge >= 0.3 is 0 Å². The molecular weight excluding hydrogens is 322 g/mol. The molecule has 0 amide bonds. The molecule has 0 atom stereocenters. The van der Waals surface area contributed by atoms with E-state index in [1.54, 1.807) is 12.1 Å². The van der Waals surface area contributed by atoms with Gasteiger partial charge in [-0.2, -0.15) is 5.26 Å². The second kappa shape index (κ2) is 8.61. The Hall–Kier alpha value is -3.42. The van der Waals surface area contributed by atoms with Gasteiger partial charge in [-0.05, 0) is 36.8 Å². The van der Waals surface area contributed by atoms with Gasteiger partial charge < -0.3 is 0 Å². The summed E-state index contributed by atoms with van der Waals surface area (Å²) in [5.74, 6) is 0.616. The van der Waals surface area contributed by atoms with Gasteiger partial charge in [-0.25, -0.2) is 10.5 Å². The van der Waals surface area contributed by atoms with Crippen LogP contribution < -0.4 is 5.48 Å². The van der Waals surface area contributed by atoms with Crippen molar-refractivity contribution < 1.29 is 4.84 Å². The zero-order chi connectivity index (χ0) is 18.2. The summed E-state index contributed by atoms with van der Waals surface area (Å²) in [5.41, 5.74) is 7.49. The molecule has 0 heterocycles. The van der Waals surface area contributed by atoms with Crippen LogP contribution in [0.5, 0.6) is 0 Å². The van der Waals surface area contributed by atoms with E-state index in [2.05, 4.69) is 16.5 Å². The second-order valence-corrected chi connectivity index (χ2v) is 5.86. The Balaban J connectivity index is 1.80. The molecule has 128 valence electrons. The molecule has 0 saturated heterocycles. The minimum absolute atomic E-state index is 0.430. The van der Waals surface area contributed by atoms with E-state index in [-0.39, 0.29) is 0 Å². The Morgan fingerprint density at radius 2 is 1.65 bits per heavy atom. The number of aryl methyl sites for hydroxylation is 1. The van der Waals surface area contributed by atoms with Crippen molar-refractivity contribution in [3.05, 3.63) is 101 Å². The molecule has 0 fully saturated rings. The monoisotopic (exact) mass is 341 g/mol. The van der Waals surface area contributed by atoms with Crippen LogP contribution in [-0.2, 0) is 11.4 Å². The topological polar surface area (TPSA) is 57.4 Å². The van der Waals surface area contributed by atoms with E-state index in [1.165, 1.54) is 5.56 Å². The van der Waals surface area contributed by atoms with E-state index in [9.17, 15) is 0 Å². The first kappa shape index (κ1) is 17.4. The molecule has 0 aliphatic carbocycles. The molecule has 3 aromatic carbocycles. The maximum atomic E-state index is 8.92. The maximum Gasteiger partial charge on any atom is 0.157 e. The smallest absolute Gasteiger partial charge is 0.157 e. The molecule has 26 heavy (non-hydrogen) atoms. The van der Waals surface area contributed by atoms with Crippen LogP contribution in [0.1, 0.15) is 22.3 Å². The molecule has 4 heteroatoms. The third-order valence-corrected chi connectivity index (χ3v) is 3.81. The van der Waals surface area contributed by atoms with Crippen molar-refractivity contribution in [3.8, 4) is 6.07 Å². The average Bonchev–Trinajstić information content (AvgIpc) is 2.69. The van der Waals surface area contributed by atoms with E-state index in [4.69, 9.17) is 10.1 Å². The number of hydrogen-bond acceptors (Lipinski definition) is 3. The van der Waals surface area contributed by atoms with Crippen molar-refractivity contribution in [2.45, 2.75) is 13.5 Å². The fourth-order valence-electron chi connectivity index (χ4n) is 2.36. The van der Waals surface area contributed by atoms with Gasteiger partial charge in [0.2, 0.25) is 0 Å². The highest BCUT2D eigenvalue weighted by molar-refractivity contribution is 5.99. The molecule has 0 unspecified atom stereocenters. The lowest BCUT2D eigenvalue weighted by Gasteiger charge is -2.11. The number of nitrogens with one attached hydrogen (secondary N) is 1. The van der Waals surface area contributed by atoms with Gasteiger partial charge in [0.1, 0.15) is 0 Å². The second-order valence-electron chi connectivity index (χ2n) is 5.86. The number of hydroxylamine groups is 1. The summed E-state index contributed by atoms with van der Waals surface area (Å²) in [7, 11) is 0. The third kappa shape index (κ3) is 4.79. The Bertz CT molecular complexity index is 908. The van der Waals surface area contributed by atoms with Crippen LogP contribution in [0.4, 0.5) is 5.69 Å². The molecule has 3 rings (SSSR count). The van der Waals surface area contributed by atoms with E-state index in [1.807, 2.05) is 73.7 Å². The van der Waals surface area contributed by atoms with Gasteiger partial charge in [0.15, 0.2) is 5.84 Å². The molecule has 0 aromatic heterocycles. The standard InChI is InChI=1S/C22H19N3O/c1-17-7-11-20(12-8-17)22(24-21-13-9-18(15-23)10-14-21)25-26-16-19-5-3-2-4-6-19/h2-14H,16H2,1H3,(H,24,25). The summed E-state index contributed by atoms with van der Waals surface area (Å²) in [5, 5.41) is 8.92. The van der Waals surface area contributed by atoms with Crippen molar-refractivity contribution in [2.24, 2.45) is 4.99 Å². The van der Waals surface area contributed by atoms with Crippen molar-refractivity contribution in [1.29, 1.82) is 5.26 Å². The van der Waals surface area contributed by atoms with Crippen LogP contribution in [0.2, 0.25) is 0 Å². The van der Waals surface area contributed by atoms with Gasteiger partial charge in [-0.15, -0.1) is 0 Å². The van der Waals surface area contributed by atoms with Crippen molar-refractivity contribution >= 4 is 11.5 Å². The highest BCUT2D eigenvalue weighted by Gasteiger charge is 2.05. The first-order valence-corrected chi connectivity index (χ1v) is 8.32. The van der Waals surface area contributed by atoms with Crippen LogP contribution in [0.3, 0.4) is 0 Å². The normalized spacial score (nSPS) is 11.0. The predicted octanol–water partition coefficient (Wildman–Crippen LogP) is 4.67. The number of aliphatic imine (C=N–C) groups is 1. The quantitative estimate of drug-likeness (QED) is 0.417. The largest absolute Gasteiger partial charge is 0.270 e. The van der Waals surface area contributed by atoms with E-state index in [0.29, 0.717) is 18.0 Å². The van der Waals surface area contributed by atoms with Crippen molar-refractivity contribution in [1.82, 2.24) is 5.48 Å². The highest BCUT2D eigenvalue weighted by atomic mass is 16.6. The molecule has 1 N–H and O–H groups in total. The van der Waals surface area contributed by atoms with Crippen LogP contribution in [0, 0.1) is 18.3 Å². The highest BCUT2D eigenvalue weighted by Crippen LogP contribution is 2.15. The Morgan fingerprint density at radius 3 is 2.31 bits per heavy atom. The molecule has 0 aliphatic heterocycles. The van der Waals surface area contributed by atoms with Gasteiger partial charge in [0, 0.05) is 5.56 Å². The number of nitriles is 1. The molecule has 0 bridgehead atoms. The van der Waals surface area contributed by atoms with Crippen molar-refractivity contribution in [2.75, 3.05) is 0 Å². The zero-order valence-electron chi connectivity index (χ0n) is 14.5. The Morgan fingerprint density at radius 1 is 0.962 bits per heavy atom. The first-order chi connectivity index (χ1) is 12.7. The third-order valence-electron chi connectivity index (χ3n) is 3.81. The Labute approximate surface area is 153 Å². The summed E-state index contributed by atoms with van der Waals surface area (Å²) in [6.07, 6.45) is 0. The molecule has 0 aliphatic rings.